The van der Waals surface area contributed by atoms with E-state index in [1.165, 1.54) is 0 Å². The maximum Gasteiger partial charge on any atom is 0.317 e. The molecule has 122 valence electrons. The van der Waals surface area contributed by atoms with Crippen LogP contribution in [0.3, 0.4) is 0 Å². The van der Waals surface area contributed by atoms with E-state index in [2.05, 4.69) is 10.3 Å². The summed E-state index contributed by atoms with van der Waals surface area (Å²) in [5, 5.41) is 3.59. The molecule has 1 N–H and O–H groups in total. The molecule has 6 nitrogen and oxygen atoms in total. The van der Waals surface area contributed by atoms with Crippen molar-refractivity contribution in [1.29, 1.82) is 0 Å². The molecule has 2 amide bonds. The Morgan fingerprint density at radius 2 is 2.43 bits per heavy atom. The average Bonchev–Trinajstić information content (AvgIpc) is 3.12. The van der Waals surface area contributed by atoms with E-state index in [0.29, 0.717) is 24.7 Å². The number of rotatable bonds is 4. The third-order valence-corrected chi connectivity index (χ3v) is 4.07. The number of carbonyl (C=O) groups excluding carboxylic acids is 1. The predicted octanol–water partition coefficient (Wildman–Crippen LogP) is 2.44. The number of halogens is 1. The molecule has 0 unspecified atom stereocenters. The number of pyridine rings is 1. The number of carbonyl (C=O) groups is 1. The number of hydrogen-bond acceptors (Lipinski definition) is 3. The zero-order valence-corrected chi connectivity index (χ0v) is 13.7. The highest BCUT2D eigenvalue weighted by Gasteiger charge is 2.27. The Hall–Kier alpha value is -2.21. The lowest BCUT2D eigenvalue weighted by molar-refractivity contribution is 0.186. The van der Waals surface area contributed by atoms with Gasteiger partial charge in [-0.15, -0.1) is 0 Å². The molecule has 0 aliphatic carbocycles. The summed E-state index contributed by atoms with van der Waals surface area (Å²) in [6, 6.07) is 5.47. The summed E-state index contributed by atoms with van der Waals surface area (Å²) in [5.41, 5.74) is 0.964. The number of nitrogens with zero attached hydrogens (tertiary/aromatic N) is 3. The summed E-state index contributed by atoms with van der Waals surface area (Å²) < 4.78 is 7.74. The van der Waals surface area contributed by atoms with Crippen LogP contribution in [-0.2, 0) is 13.6 Å². The molecule has 0 bridgehead atoms. The molecule has 1 fully saturated rings. The van der Waals surface area contributed by atoms with Crippen molar-refractivity contribution in [2.45, 2.75) is 19.1 Å². The lowest BCUT2D eigenvalue weighted by Gasteiger charge is -2.18. The van der Waals surface area contributed by atoms with Gasteiger partial charge < -0.3 is 19.5 Å². The molecule has 0 saturated carbocycles. The summed E-state index contributed by atoms with van der Waals surface area (Å²) in [7, 11) is 1.90. The van der Waals surface area contributed by atoms with Crippen LogP contribution in [0.1, 0.15) is 12.1 Å². The van der Waals surface area contributed by atoms with Gasteiger partial charge in [-0.05, 0) is 18.2 Å². The molecular weight excluding hydrogens is 316 g/mol. The van der Waals surface area contributed by atoms with Crippen LogP contribution < -0.4 is 10.1 Å². The van der Waals surface area contributed by atoms with E-state index in [9.17, 15) is 4.79 Å². The highest BCUT2D eigenvalue weighted by atomic mass is 35.5. The van der Waals surface area contributed by atoms with Gasteiger partial charge in [0.25, 0.3) is 0 Å². The molecule has 0 aromatic carbocycles. The number of hydrogen-bond donors (Lipinski definition) is 1. The number of aromatic nitrogens is 2. The van der Waals surface area contributed by atoms with Crippen LogP contribution in [-0.4, -0.2) is 39.7 Å². The van der Waals surface area contributed by atoms with Gasteiger partial charge in [0.1, 0.15) is 11.9 Å². The van der Waals surface area contributed by atoms with E-state index in [0.717, 1.165) is 17.9 Å². The predicted molar refractivity (Wildman–Crippen MR) is 87.5 cm³/mol. The molecule has 23 heavy (non-hydrogen) atoms. The second kappa shape index (κ2) is 6.91. The second-order valence-electron chi connectivity index (χ2n) is 5.58. The van der Waals surface area contributed by atoms with E-state index >= 15 is 0 Å². The number of urea groups is 1. The zero-order chi connectivity index (χ0) is 16.2. The quantitative estimate of drug-likeness (QED) is 0.934. The fourth-order valence-corrected chi connectivity index (χ4v) is 2.91. The molecular formula is C16H19ClN4O2. The van der Waals surface area contributed by atoms with Gasteiger partial charge in [0.15, 0.2) is 0 Å². The van der Waals surface area contributed by atoms with Crippen molar-refractivity contribution in [3.05, 3.63) is 47.5 Å². The van der Waals surface area contributed by atoms with Crippen LogP contribution in [0.2, 0.25) is 5.02 Å². The van der Waals surface area contributed by atoms with E-state index in [1.807, 2.05) is 36.0 Å². The summed E-state index contributed by atoms with van der Waals surface area (Å²) >= 11 is 5.94. The van der Waals surface area contributed by atoms with E-state index in [-0.39, 0.29) is 12.1 Å². The monoisotopic (exact) mass is 334 g/mol. The minimum atomic E-state index is -0.0837. The van der Waals surface area contributed by atoms with Gasteiger partial charge in [-0.3, -0.25) is 4.98 Å². The fraction of sp³-hybridized carbons (Fsp3) is 0.375. The number of aryl methyl sites for hydroxylation is 1. The van der Waals surface area contributed by atoms with Crippen molar-refractivity contribution >= 4 is 17.6 Å². The molecule has 2 aromatic rings. The largest absolute Gasteiger partial charge is 0.487 e. The molecule has 7 heteroatoms. The van der Waals surface area contributed by atoms with E-state index < -0.39 is 0 Å². The van der Waals surface area contributed by atoms with Crippen molar-refractivity contribution in [1.82, 2.24) is 19.8 Å². The molecule has 1 saturated heterocycles. The molecule has 3 heterocycles. The number of likely N-dealkylation sites (tertiary alicyclic amines) is 1. The van der Waals surface area contributed by atoms with Crippen molar-refractivity contribution < 1.29 is 9.53 Å². The van der Waals surface area contributed by atoms with Crippen molar-refractivity contribution in [2.75, 3.05) is 13.1 Å². The van der Waals surface area contributed by atoms with E-state index in [4.69, 9.17) is 16.3 Å². The van der Waals surface area contributed by atoms with Crippen LogP contribution in [0.5, 0.6) is 5.75 Å². The molecule has 1 aliphatic rings. The summed E-state index contributed by atoms with van der Waals surface area (Å²) in [5.74, 6) is 0.734. The first-order valence-electron chi connectivity index (χ1n) is 7.52. The Morgan fingerprint density at radius 1 is 1.57 bits per heavy atom. The number of nitrogens with one attached hydrogen (secondary N) is 1. The first kappa shape index (κ1) is 15.7. The molecule has 1 atom stereocenters. The summed E-state index contributed by atoms with van der Waals surface area (Å²) in [6.07, 6.45) is 6.03. The second-order valence-corrected chi connectivity index (χ2v) is 6.02. The average molecular weight is 335 g/mol. The Balaban J connectivity index is 1.48. The Morgan fingerprint density at radius 3 is 3.13 bits per heavy atom. The van der Waals surface area contributed by atoms with Gasteiger partial charge in [-0.1, -0.05) is 11.6 Å². The van der Waals surface area contributed by atoms with Crippen LogP contribution in [0, 0.1) is 0 Å². The SMILES string of the molecule is Cn1cc(Cl)cc1CNC(=O)N1CC[C@@H](Oc2cccnc2)C1. The Kier molecular flexibility index (Phi) is 4.71. The highest BCUT2D eigenvalue weighted by Crippen LogP contribution is 2.17. The van der Waals surface area contributed by atoms with Crippen LogP contribution in [0.25, 0.3) is 0 Å². The lowest BCUT2D eigenvalue weighted by atomic mass is 10.3. The molecule has 0 spiro atoms. The maximum absolute atomic E-state index is 12.2. The highest BCUT2D eigenvalue weighted by molar-refractivity contribution is 6.30. The number of ether oxygens (including phenoxy) is 1. The van der Waals surface area contributed by atoms with Gasteiger partial charge in [0.2, 0.25) is 0 Å². The van der Waals surface area contributed by atoms with E-state index in [1.54, 1.807) is 17.3 Å². The van der Waals surface area contributed by atoms with Gasteiger partial charge in [0.05, 0.1) is 24.3 Å². The lowest BCUT2D eigenvalue weighted by Crippen LogP contribution is -2.39. The smallest absolute Gasteiger partial charge is 0.317 e. The zero-order valence-electron chi connectivity index (χ0n) is 12.9. The standard InChI is InChI=1S/C16H19ClN4O2/c1-20-10-12(17)7-13(20)8-19-16(22)21-6-4-15(11-21)23-14-3-2-5-18-9-14/h2-3,5,7,9-10,15H,4,6,8,11H2,1H3,(H,19,22)/t15-/m1/s1. The van der Waals surface area contributed by atoms with Crippen LogP contribution in [0.15, 0.2) is 36.8 Å². The summed E-state index contributed by atoms with van der Waals surface area (Å²) in [4.78, 5) is 18.0. The van der Waals surface area contributed by atoms with Gasteiger partial charge >= 0.3 is 6.03 Å². The molecule has 0 radical (unpaired) electrons. The molecule has 1 aliphatic heterocycles. The first-order valence-corrected chi connectivity index (χ1v) is 7.90. The third-order valence-electron chi connectivity index (χ3n) is 3.86. The normalized spacial score (nSPS) is 17.3. The summed E-state index contributed by atoms with van der Waals surface area (Å²) in [6.45, 7) is 1.71. The van der Waals surface area contributed by atoms with Gasteiger partial charge in [-0.25, -0.2) is 4.79 Å². The Labute approximate surface area is 140 Å². The first-order chi connectivity index (χ1) is 11.1. The van der Waals surface area contributed by atoms with Crippen molar-refractivity contribution in [3.63, 3.8) is 0 Å². The van der Waals surface area contributed by atoms with Gasteiger partial charge in [-0.2, -0.15) is 0 Å². The van der Waals surface area contributed by atoms with Crippen molar-refractivity contribution in [2.24, 2.45) is 7.05 Å². The van der Waals surface area contributed by atoms with Gasteiger partial charge in [0, 0.05) is 38.1 Å². The van der Waals surface area contributed by atoms with Crippen LogP contribution in [0.4, 0.5) is 4.79 Å². The van der Waals surface area contributed by atoms with Crippen LogP contribution >= 0.6 is 11.6 Å². The maximum atomic E-state index is 12.2. The minimum absolute atomic E-state index is 0.00873. The fourth-order valence-electron chi connectivity index (χ4n) is 2.64. The Bertz CT molecular complexity index is 674. The molecule has 2 aromatic heterocycles. The third kappa shape index (κ3) is 3.96. The van der Waals surface area contributed by atoms with Crippen molar-refractivity contribution in [3.8, 4) is 5.75 Å². The number of amides is 2. The molecule has 3 rings (SSSR count). The topological polar surface area (TPSA) is 59.4 Å². The minimum Gasteiger partial charge on any atom is -0.487 e.